The third-order valence-corrected chi connectivity index (χ3v) is 2.91. The van der Waals surface area contributed by atoms with Crippen molar-refractivity contribution in [3.8, 4) is 0 Å². The smallest absolute Gasteiger partial charge is 0.363 e. The van der Waals surface area contributed by atoms with Gasteiger partial charge in [0, 0.05) is 12.8 Å². The van der Waals surface area contributed by atoms with Gasteiger partial charge >= 0.3 is 11.9 Å². The molecule has 7 nitrogen and oxygen atoms in total. The fourth-order valence-electron chi connectivity index (χ4n) is 1.90. The van der Waals surface area contributed by atoms with Crippen LogP contribution in [0.4, 0.5) is 0 Å². The zero-order valence-corrected chi connectivity index (χ0v) is 13.1. The first-order valence-electron chi connectivity index (χ1n) is 7.09. The van der Waals surface area contributed by atoms with Crippen LogP contribution in [0, 0.1) is 0 Å². The molecule has 1 fully saturated rings. The predicted molar refractivity (Wildman–Crippen MR) is 78.1 cm³/mol. The Morgan fingerprint density at radius 1 is 1.00 bits per heavy atom. The van der Waals surface area contributed by atoms with Gasteiger partial charge in [-0.05, 0) is 39.0 Å². The van der Waals surface area contributed by atoms with Gasteiger partial charge in [-0.1, -0.05) is 6.07 Å². The molecule has 0 bridgehead atoms. The molecule has 1 aliphatic heterocycles. The molecule has 0 saturated carbocycles. The average Bonchev–Trinajstić information content (AvgIpc) is 2.77. The van der Waals surface area contributed by atoms with E-state index in [-0.39, 0.29) is 24.0 Å². The molecule has 122 valence electrons. The van der Waals surface area contributed by atoms with Crippen molar-refractivity contribution in [1.29, 1.82) is 0 Å². The molecule has 2 amide bonds. The molecule has 23 heavy (non-hydrogen) atoms. The zero-order chi connectivity index (χ0) is 17.2. The van der Waals surface area contributed by atoms with Crippen molar-refractivity contribution in [2.24, 2.45) is 0 Å². The quantitative estimate of drug-likeness (QED) is 0.624. The van der Waals surface area contributed by atoms with Gasteiger partial charge in [-0.15, -0.1) is 5.06 Å². The van der Waals surface area contributed by atoms with Crippen LogP contribution in [0.3, 0.4) is 0 Å². The monoisotopic (exact) mass is 319 g/mol. The Kier molecular flexibility index (Phi) is 4.49. The lowest BCUT2D eigenvalue weighted by Gasteiger charge is -2.19. The second kappa shape index (κ2) is 6.20. The Balaban J connectivity index is 2.13. The highest BCUT2D eigenvalue weighted by atomic mass is 16.7. The van der Waals surface area contributed by atoms with E-state index >= 15 is 0 Å². The first-order chi connectivity index (χ1) is 10.7. The van der Waals surface area contributed by atoms with Gasteiger partial charge in [0.1, 0.15) is 5.60 Å². The Bertz CT molecular complexity index is 657. The van der Waals surface area contributed by atoms with Crippen LogP contribution < -0.4 is 0 Å². The zero-order valence-electron chi connectivity index (χ0n) is 13.1. The van der Waals surface area contributed by atoms with Crippen LogP contribution in [0.5, 0.6) is 0 Å². The van der Waals surface area contributed by atoms with E-state index in [1.165, 1.54) is 24.3 Å². The lowest BCUT2D eigenvalue weighted by Crippen LogP contribution is -2.32. The molecule has 0 atom stereocenters. The molecule has 0 radical (unpaired) electrons. The Morgan fingerprint density at radius 3 is 2.04 bits per heavy atom. The lowest BCUT2D eigenvalue weighted by atomic mass is 10.1. The number of hydrogen-bond donors (Lipinski definition) is 0. The van der Waals surface area contributed by atoms with E-state index in [0.717, 1.165) is 0 Å². The van der Waals surface area contributed by atoms with Crippen LogP contribution >= 0.6 is 0 Å². The van der Waals surface area contributed by atoms with Gasteiger partial charge in [-0.2, -0.15) is 0 Å². The van der Waals surface area contributed by atoms with E-state index in [2.05, 4.69) is 0 Å². The van der Waals surface area contributed by atoms with Crippen molar-refractivity contribution in [1.82, 2.24) is 5.06 Å². The maximum Gasteiger partial charge on any atom is 0.363 e. The molecule has 0 unspecified atom stereocenters. The summed E-state index contributed by atoms with van der Waals surface area (Å²) in [6.07, 6.45) is 0.0358. The molecule has 1 saturated heterocycles. The summed E-state index contributed by atoms with van der Waals surface area (Å²) in [7, 11) is 0. The summed E-state index contributed by atoms with van der Waals surface area (Å²) in [6.45, 7) is 5.19. The van der Waals surface area contributed by atoms with Gasteiger partial charge in [-0.3, -0.25) is 9.59 Å². The maximum absolute atomic E-state index is 12.0. The number of hydrogen-bond acceptors (Lipinski definition) is 6. The number of nitrogens with zero attached hydrogens (tertiary/aromatic N) is 1. The van der Waals surface area contributed by atoms with Gasteiger partial charge in [0.25, 0.3) is 11.8 Å². The van der Waals surface area contributed by atoms with E-state index in [1.807, 2.05) is 0 Å². The highest BCUT2D eigenvalue weighted by molar-refractivity contribution is 6.03. The maximum atomic E-state index is 12.0. The van der Waals surface area contributed by atoms with E-state index in [4.69, 9.17) is 9.57 Å². The fraction of sp³-hybridized carbons (Fsp3) is 0.375. The summed E-state index contributed by atoms with van der Waals surface area (Å²) in [4.78, 5) is 51.7. The molecular formula is C16H17NO6. The van der Waals surface area contributed by atoms with Crippen LogP contribution in [0.15, 0.2) is 24.3 Å². The first kappa shape index (κ1) is 16.7. The largest absolute Gasteiger partial charge is 0.456 e. The summed E-state index contributed by atoms with van der Waals surface area (Å²) in [5.74, 6) is -2.60. The topological polar surface area (TPSA) is 90.0 Å². The molecule has 2 rings (SSSR count). The minimum atomic E-state index is -0.890. The van der Waals surface area contributed by atoms with Crippen LogP contribution in [0.25, 0.3) is 0 Å². The number of esters is 1. The van der Waals surface area contributed by atoms with E-state index < -0.39 is 29.4 Å². The van der Waals surface area contributed by atoms with Gasteiger partial charge in [0.05, 0.1) is 11.1 Å². The average molecular weight is 319 g/mol. The number of amides is 2. The number of carbonyl (C=O) groups excluding carboxylic acids is 4. The number of hydroxylamine groups is 2. The van der Waals surface area contributed by atoms with E-state index in [0.29, 0.717) is 5.06 Å². The van der Waals surface area contributed by atoms with Crippen LogP contribution in [0.1, 0.15) is 54.3 Å². The SMILES string of the molecule is CC(C)(C)OC(=O)c1cccc(C(=O)ON2C(=O)CCC2=O)c1. The number of ether oxygens (including phenoxy) is 1. The minimum Gasteiger partial charge on any atom is -0.456 e. The molecule has 1 heterocycles. The molecule has 0 aliphatic carbocycles. The third kappa shape index (κ3) is 4.15. The predicted octanol–water partition coefficient (Wildman–Crippen LogP) is 1.86. The van der Waals surface area contributed by atoms with Crippen LogP contribution in [0.2, 0.25) is 0 Å². The summed E-state index contributed by atoms with van der Waals surface area (Å²) in [5.41, 5.74) is -0.448. The second-order valence-corrected chi connectivity index (χ2v) is 6.04. The van der Waals surface area contributed by atoms with Crippen molar-refractivity contribution < 1.29 is 28.8 Å². The molecule has 1 aromatic carbocycles. The van der Waals surface area contributed by atoms with E-state index in [1.54, 1.807) is 20.8 Å². The van der Waals surface area contributed by atoms with E-state index in [9.17, 15) is 19.2 Å². The molecule has 0 N–H and O–H groups in total. The number of rotatable bonds is 3. The summed E-state index contributed by atoms with van der Waals surface area (Å²) in [5, 5.41) is 0.461. The first-order valence-corrected chi connectivity index (χ1v) is 7.09. The Labute approximate surface area is 133 Å². The molecule has 1 aromatic rings. The lowest BCUT2D eigenvalue weighted by molar-refractivity contribution is -0.172. The third-order valence-electron chi connectivity index (χ3n) is 2.91. The standard InChI is InChI=1S/C16H17NO6/c1-16(2,3)22-14(20)10-5-4-6-11(9-10)15(21)23-17-12(18)7-8-13(17)19/h4-6,9H,7-8H2,1-3H3. The van der Waals surface area contributed by atoms with Gasteiger partial charge in [0.2, 0.25) is 0 Å². The summed E-state index contributed by atoms with van der Waals surface area (Å²) >= 11 is 0. The van der Waals surface area contributed by atoms with Gasteiger partial charge in [-0.25, -0.2) is 9.59 Å². The molecule has 1 aliphatic rings. The van der Waals surface area contributed by atoms with Gasteiger partial charge < -0.3 is 9.57 Å². The van der Waals surface area contributed by atoms with Gasteiger partial charge in [0.15, 0.2) is 0 Å². The van der Waals surface area contributed by atoms with Crippen molar-refractivity contribution >= 4 is 23.8 Å². The normalized spacial score (nSPS) is 14.8. The summed E-state index contributed by atoms with van der Waals surface area (Å²) in [6, 6.07) is 5.70. The van der Waals surface area contributed by atoms with Crippen molar-refractivity contribution in [3.05, 3.63) is 35.4 Å². The molecule has 0 spiro atoms. The summed E-state index contributed by atoms with van der Waals surface area (Å²) < 4.78 is 5.22. The highest BCUT2D eigenvalue weighted by Gasteiger charge is 2.33. The number of carbonyl (C=O) groups is 4. The Hall–Kier alpha value is -2.70. The van der Waals surface area contributed by atoms with Crippen molar-refractivity contribution in [2.45, 2.75) is 39.2 Å². The number of benzene rings is 1. The van der Waals surface area contributed by atoms with Crippen molar-refractivity contribution in [3.63, 3.8) is 0 Å². The van der Waals surface area contributed by atoms with Crippen LogP contribution in [-0.2, 0) is 19.2 Å². The molecule has 7 heteroatoms. The highest BCUT2D eigenvalue weighted by Crippen LogP contribution is 2.16. The van der Waals surface area contributed by atoms with Crippen LogP contribution in [-0.4, -0.2) is 34.4 Å². The fourth-order valence-corrected chi connectivity index (χ4v) is 1.90. The van der Waals surface area contributed by atoms with Crippen molar-refractivity contribution in [2.75, 3.05) is 0 Å². The minimum absolute atomic E-state index is 0.0179. The molecular weight excluding hydrogens is 302 g/mol. The Morgan fingerprint density at radius 2 is 1.52 bits per heavy atom. The number of imide groups is 1. The second-order valence-electron chi connectivity index (χ2n) is 6.04. The molecule has 0 aromatic heterocycles.